The lowest BCUT2D eigenvalue weighted by Gasteiger charge is -2.08. The van der Waals surface area contributed by atoms with Gasteiger partial charge in [0.15, 0.2) is 0 Å². The summed E-state index contributed by atoms with van der Waals surface area (Å²) in [5.41, 5.74) is 0.389. The molecule has 0 amide bonds. The van der Waals surface area contributed by atoms with Gasteiger partial charge in [-0.25, -0.2) is 13.2 Å². The first-order valence-electron chi connectivity index (χ1n) is 5.50. The molecule has 0 fully saturated rings. The van der Waals surface area contributed by atoms with E-state index in [1.165, 1.54) is 12.1 Å². The molecule has 8 heteroatoms. The first-order valence-corrected chi connectivity index (χ1v) is 9.07. The molecule has 5 nitrogen and oxygen atoms in total. The third-order valence-corrected chi connectivity index (χ3v) is 6.19. The van der Waals surface area contributed by atoms with Crippen molar-refractivity contribution in [3.8, 4) is 5.75 Å². The molecule has 0 unspecified atom stereocenters. The number of carbonyl (C=O) groups is 1. The summed E-state index contributed by atoms with van der Waals surface area (Å²) in [4.78, 5) is 11.6. The highest BCUT2D eigenvalue weighted by molar-refractivity contribution is 14.1. The minimum absolute atomic E-state index is 0.168. The van der Waals surface area contributed by atoms with Crippen molar-refractivity contribution in [1.82, 2.24) is 0 Å². The Morgan fingerprint density at radius 1 is 1.00 bits per heavy atom. The van der Waals surface area contributed by atoms with Crippen molar-refractivity contribution >= 4 is 61.3 Å². The van der Waals surface area contributed by atoms with Crippen molar-refractivity contribution in [3.63, 3.8) is 0 Å². The van der Waals surface area contributed by atoms with Crippen LogP contribution in [0.4, 0.5) is 0 Å². The van der Waals surface area contributed by atoms with E-state index in [9.17, 15) is 17.8 Å². The van der Waals surface area contributed by atoms with Gasteiger partial charge in [-0.15, -0.1) is 0 Å². The molecule has 110 valence electrons. The molecule has 0 aliphatic carbocycles. The molecule has 0 spiro atoms. The number of hydrogen-bond donors (Lipinski definition) is 0. The number of esters is 1. The van der Waals surface area contributed by atoms with Crippen LogP contribution in [0.1, 0.15) is 10.4 Å². The van der Waals surface area contributed by atoms with Gasteiger partial charge in [0.2, 0.25) is 0 Å². The van der Waals surface area contributed by atoms with E-state index in [2.05, 4.69) is 45.2 Å². The zero-order chi connectivity index (χ0) is 15.6. The molecule has 0 radical (unpaired) electrons. The van der Waals surface area contributed by atoms with E-state index >= 15 is 0 Å². The van der Waals surface area contributed by atoms with Crippen LogP contribution in [-0.4, -0.2) is 18.9 Å². The van der Waals surface area contributed by atoms with E-state index in [1.807, 2.05) is 0 Å². The third kappa shape index (κ3) is 4.37. The minimum atomic E-state index is -4.50. The third-order valence-electron chi connectivity index (χ3n) is 2.48. The van der Waals surface area contributed by atoms with Gasteiger partial charge in [-0.1, -0.05) is 0 Å². The van der Waals surface area contributed by atoms with Gasteiger partial charge in [0.05, 0.1) is 10.5 Å². The Morgan fingerprint density at radius 2 is 1.62 bits per heavy atom. The summed E-state index contributed by atoms with van der Waals surface area (Å²) in [5.74, 6) is -0.386. The molecule has 0 bridgehead atoms. The molecule has 2 aromatic rings. The highest BCUT2D eigenvalue weighted by Gasteiger charge is 2.11. The highest BCUT2D eigenvalue weighted by Crippen LogP contribution is 2.20. The van der Waals surface area contributed by atoms with E-state index in [0.29, 0.717) is 5.56 Å². The summed E-state index contributed by atoms with van der Waals surface area (Å²) >= 11 is 4.26. The van der Waals surface area contributed by atoms with Gasteiger partial charge in [-0.2, -0.15) is 0 Å². The highest BCUT2D eigenvalue weighted by atomic mass is 127. The van der Waals surface area contributed by atoms with Gasteiger partial charge in [0.25, 0.3) is 0 Å². The van der Waals surface area contributed by atoms with Crippen molar-refractivity contribution in [2.24, 2.45) is 0 Å². The molecule has 0 aromatic heterocycles. The van der Waals surface area contributed by atoms with Gasteiger partial charge in [-0.05, 0) is 87.6 Å². The normalized spacial score (nSPS) is 11.2. The predicted molar refractivity (Wildman–Crippen MR) is 91.2 cm³/mol. The van der Waals surface area contributed by atoms with Gasteiger partial charge in [0, 0.05) is 7.14 Å². The maximum atomic E-state index is 12.0. The van der Waals surface area contributed by atoms with Gasteiger partial charge >= 0.3 is 5.97 Å². The Hall–Kier alpha value is -0.720. The lowest BCUT2D eigenvalue weighted by molar-refractivity contribution is 0.0734. The van der Waals surface area contributed by atoms with Crippen molar-refractivity contribution < 1.29 is 22.5 Å². The van der Waals surface area contributed by atoms with Crippen molar-refractivity contribution in [2.45, 2.75) is 4.90 Å². The van der Waals surface area contributed by atoms with Gasteiger partial charge in [0.1, 0.15) is 15.9 Å². The maximum absolute atomic E-state index is 12.0. The van der Waals surface area contributed by atoms with E-state index in [4.69, 9.17) is 4.74 Å². The van der Waals surface area contributed by atoms with E-state index in [-0.39, 0.29) is 10.6 Å². The molecule has 0 N–H and O–H groups in total. The Bertz CT molecular complexity index is 785. The summed E-state index contributed by atoms with van der Waals surface area (Å²) in [6.07, 6.45) is 0. The molecule has 0 saturated heterocycles. The Labute approximate surface area is 148 Å². The first-order chi connectivity index (χ1) is 9.77. The Balaban J connectivity index is 2.18. The van der Waals surface area contributed by atoms with Crippen LogP contribution in [0.25, 0.3) is 0 Å². The average molecular weight is 529 g/mol. The molecule has 0 atom stereocenters. The van der Waals surface area contributed by atoms with Crippen molar-refractivity contribution in [3.05, 3.63) is 55.2 Å². The lowest BCUT2D eigenvalue weighted by Crippen LogP contribution is -2.09. The van der Waals surface area contributed by atoms with Crippen LogP contribution in [0.15, 0.2) is 47.4 Å². The molecule has 21 heavy (non-hydrogen) atoms. The second-order valence-corrected chi connectivity index (χ2v) is 7.65. The number of hydrogen-bond acceptors (Lipinski definition) is 5. The van der Waals surface area contributed by atoms with Crippen LogP contribution in [0.3, 0.4) is 0 Å². The zero-order valence-corrected chi connectivity index (χ0v) is 15.4. The van der Waals surface area contributed by atoms with Gasteiger partial charge in [-0.3, -0.25) is 0 Å². The summed E-state index contributed by atoms with van der Waals surface area (Å²) < 4.78 is 39.4. The van der Waals surface area contributed by atoms with Crippen LogP contribution in [0, 0.1) is 7.14 Å². The number of benzene rings is 2. The summed E-state index contributed by atoms with van der Waals surface area (Å²) in [6, 6.07) is 9.86. The average Bonchev–Trinajstić information content (AvgIpc) is 2.41. The molecular weight excluding hydrogens is 522 g/mol. The molecule has 0 heterocycles. The fourth-order valence-corrected chi connectivity index (χ4v) is 2.78. The number of halogens is 2. The molecule has 0 aliphatic rings. The SMILES string of the molecule is O=C(Oc1ccc(S(=O)(=O)[O-])cc1)c1ccc(I)c(I)c1. The standard InChI is InChI=1S/C13H8I2O5S/c14-11-6-1-8(7-12(11)15)13(16)20-9-2-4-10(5-3-9)21(17,18)19/h1-7H,(H,17,18,19)/p-1. The van der Waals surface area contributed by atoms with Crippen LogP contribution < -0.4 is 4.74 Å². The maximum Gasteiger partial charge on any atom is 0.343 e. The monoisotopic (exact) mass is 529 g/mol. The zero-order valence-electron chi connectivity index (χ0n) is 10.2. The number of carbonyl (C=O) groups excluding carboxylic acids is 1. The Morgan fingerprint density at radius 3 is 2.14 bits per heavy atom. The Kier molecular flexibility index (Phi) is 5.22. The molecule has 2 rings (SSSR count). The molecule has 0 aliphatic heterocycles. The largest absolute Gasteiger partial charge is 0.744 e. The van der Waals surface area contributed by atoms with E-state index in [0.717, 1.165) is 19.3 Å². The van der Waals surface area contributed by atoms with Crippen LogP contribution in [0.2, 0.25) is 0 Å². The van der Waals surface area contributed by atoms with Gasteiger partial charge < -0.3 is 9.29 Å². The predicted octanol–water partition coefficient (Wildman–Crippen LogP) is 3.02. The van der Waals surface area contributed by atoms with Crippen molar-refractivity contribution in [2.75, 3.05) is 0 Å². The van der Waals surface area contributed by atoms with Crippen LogP contribution >= 0.6 is 45.2 Å². The second kappa shape index (κ2) is 6.58. The lowest BCUT2D eigenvalue weighted by atomic mass is 10.2. The number of rotatable bonds is 3. The van der Waals surface area contributed by atoms with Crippen LogP contribution in [0.5, 0.6) is 5.75 Å². The van der Waals surface area contributed by atoms with Crippen molar-refractivity contribution in [1.29, 1.82) is 0 Å². The summed E-state index contributed by atoms with van der Waals surface area (Å²) in [5, 5.41) is 0. The quantitative estimate of drug-likeness (QED) is 0.265. The van der Waals surface area contributed by atoms with E-state index < -0.39 is 16.1 Å². The molecule has 0 saturated carbocycles. The minimum Gasteiger partial charge on any atom is -0.744 e. The molecular formula is C13H7I2O5S-. The molecule has 2 aromatic carbocycles. The van der Waals surface area contributed by atoms with E-state index in [1.54, 1.807) is 18.2 Å². The summed E-state index contributed by atoms with van der Waals surface area (Å²) in [6.45, 7) is 0. The smallest absolute Gasteiger partial charge is 0.343 e. The fourth-order valence-electron chi connectivity index (χ4n) is 1.46. The fraction of sp³-hybridized carbons (Fsp3) is 0. The summed E-state index contributed by atoms with van der Waals surface area (Å²) in [7, 11) is -4.50. The first kappa shape index (κ1) is 16.6. The second-order valence-electron chi connectivity index (χ2n) is 3.94. The topological polar surface area (TPSA) is 83.5 Å². The number of ether oxygens (including phenoxy) is 1. The van der Waals surface area contributed by atoms with Crippen LogP contribution in [-0.2, 0) is 10.1 Å².